The SMILES string of the molecule is CO/N=C(\C(=O)N[C@@H]1C(=O)N2C(C(=O)O)=CCS[C@H]12)c1csc(N)n1.O=S(=O)(O)O. The molecule has 0 spiro atoms. The van der Waals surface area contributed by atoms with Crippen LogP contribution < -0.4 is 11.1 Å². The first kappa shape index (κ1) is 23.5. The number of hydrogen-bond donors (Lipinski definition) is 5. The average Bonchev–Trinajstić information content (AvgIpc) is 3.07. The molecule has 1 fully saturated rings. The second-order valence-electron chi connectivity index (χ2n) is 5.42. The van der Waals surface area contributed by atoms with Crippen LogP contribution >= 0.6 is 23.1 Å². The first-order valence-electron chi connectivity index (χ1n) is 7.65. The molecule has 2 amide bonds. The molecular formula is C13H15N5O9S3. The van der Waals surface area contributed by atoms with Gasteiger partial charge in [0.15, 0.2) is 10.8 Å². The van der Waals surface area contributed by atoms with E-state index < -0.39 is 39.6 Å². The molecule has 164 valence electrons. The van der Waals surface area contributed by atoms with Crippen molar-refractivity contribution in [2.75, 3.05) is 18.6 Å². The Labute approximate surface area is 177 Å². The number of nitrogens with one attached hydrogen (secondary N) is 1. The van der Waals surface area contributed by atoms with E-state index >= 15 is 0 Å². The van der Waals surface area contributed by atoms with Crippen LogP contribution in [0.4, 0.5) is 5.13 Å². The summed E-state index contributed by atoms with van der Waals surface area (Å²) in [7, 11) is -3.39. The quantitative estimate of drug-likeness (QED) is 0.145. The normalized spacial score (nSPS) is 20.8. The Balaban J connectivity index is 0.000000575. The zero-order chi connectivity index (χ0) is 22.6. The lowest BCUT2D eigenvalue weighted by atomic mass is 10.0. The van der Waals surface area contributed by atoms with Crippen LogP contribution in [-0.4, -0.2) is 80.3 Å². The molecule has 17 heteroatoms. The molecule has 2 aliphatic rings. The van der Waals surface area contributed by atoms with E-state index in [4.69, 9.17) is 28.4 Å². The van der Waals surface area contributed by atoms with Gasteiger partial charge in [0.1, 0.15) is 29.9 Å². The number of nitrogens with zero attached hydrogens (tertiary/aromatic N) is 3. The molecule has 0 aliphatic carbocycles. The molecule has 0 unspecified atom stereocenters. The number of carbonyl (C=O) groups is 3. The van der Waals surface area contributed by atoms with Crippen molar-refractivity contribution in [1.29, 1.82) is 0 Å². The Kier molecular flexibility index (Phi) is 7.37. The van der Waals surface area contributed by atoms with E-state index in [1.807, 2.05) is 0 Å². The number of rotatable bonds is 5. The lowest BCUT2D eigenvalue weighted by molar-refractivity contribution is -0.150. The summed E-state index contributed by atoms with van der Waals surface area (Å²) in [6, 6.07) is -0.849. The maximum absolute atomic E-state index is 12.5. The van der Waals surface area contributed by atoms with Gasteiger partial charge in [-0.1, -0.05) is 5.16 Å². The van der Waals surface area contributed by atoms with Gasteiger partial charge >= 0.3 is 16.4 Å². The van der Waals surface area contributed by atoms with E-state index in [2.05, 4.69) is 20.3 Å². The van der Waals surface area contributed by atoms with Crippen molar-refractivity contribution in [2.24, 2.45) is 5.16 Å². The van der Waals surface area contributed by atoms with Gasteiger partial charge in [0.2, 0.25) is 0 Å². The molecule has 30 heavy (non-hydrogen) atoms. The number of carbonyl (C=O) groups excluding carboxylic acids is 2. The number of aliphatic carboxylic acids is 1. The van der Waals surface area contributed by atoms with Crippen LogP contribution in [0.3, 0.4) is 0 Å². The predicted octanol–water partition coefficient (Wildman–Crippen LogP) is -1.21. The van der Waals surface area contributed by atoms with Crippen molar-refractivity contribution in [3.05, 3.63) is 22.8 Å². The van der Waals surface area contributed by atoms with E-state index in [0.29, 0.717) is 5.75 Å². The number of anilines is 1. The molecule has 3 heterocycles. The van der Waals surface area contributed by atoms with E-state index in [-0.39, 0.29) is 22.2 Å². The number of nitrogens with two attached hydrogens (primary N) is 1. The summed E-state index contributed by atoms with van der Waals surface area (Å²) in [4.78, 5) is 45.7. The van der Waals surface area contributed by atoms with Gasteiger partial charge < -0.3 is 21.0 Å². The molecule has 0 saturated carbocycles. The van der Waals surface area contributed by atoms with E-state index in [9.17, 15) is 14.4 Å². The number of nitrogen functional groups attached to an aromatic ring is 1. The van der Waals surface area contributed by atoms with Crippen molar-refractivity contribution in [1.82, 2.24) is 15.2 Å². The summed E-state index contributed by atoms with van der Waals surface area (Å²) in [5, 5.41) is 16.7. The van der Waals surface area contributed by atoms with Gasteiger partial charge in [-0.15, -0.1) is 23.1 Å². The van der Waals surface area contributed by atoms with Gasteiger partial charge in [0.05, 0.1) is 0 Å². The van der Waals surface area contributed by atoms with E-state index in [0.717, 1.165) is 16.2 Å². The summed E-state index contributed by atoms with van der Waals surface area (Å²) >= 11 is 2.49. The number of aromatic nitrogens is 1. The Morgan fingerprint density at radius 2 is 2.07 bits per heavy atom. The minimum Gasteiger partial charge on any atom is -0.477 e. The number of fused-ring (bicyclic) bond motifs is 1. The summed E-state index contributed by atoms with van der Waals surface area (Å²) in [5.41, 5.74) is 5.60. The Bertz CT molecular complexity index is 1010. The number of carboxylic acids is 1. The molecule has 0 radical (unpaired) electrons. The Morgan fingerprint density at radius 1 is 1.43 bits per heavy atom. The number of hydrogen-bond acceptors (Lipinski definition) is 11. The molecule has 1 aromatic heterocycles. The fourth-order valence-electron chi connectivity index (χ4n) is 2.44. The van der Waals surface area contributed by atoms with Crippen LogP contribution in [0, 0.1) is 0 Å². The first-order valence-corrected chi connectivity index (χ1v) is 11.0. The third-order valence-electron chi connectivity index (χ3n) is 3.51. The zero-order valence-electron chi connectivity index (χ0n) is 15.0. The maximum Gasteiger partial charge on any atom is 0.394 e. The fourth-order valence-corrected chi connectivity index (χ4v) is 4.18. The predicted molar refractivity (Wildman–Crippen MR) is 105 cm³/mol. The van der Waals surface area contributed by atoms with Crippen molar-refractivity contribution >= 4 is 62.1 Å². The average molecular weight is 481 g/mol. The highest BCUT2D eigenvalue weighted by Crippen LogP contribution is 2.37. The molecule has 14 nitrogen and oxygen atoms in total. The highest BCUT2D eigenvalue weighted by molar-refractivity contribution is 8.00. The third kappa shape index (κ3) is 5.66. The van der Waals surface area contributed by atoms with Crippen molar-refractivity contribution in [3.8, 4) is 0 Å². The standard InChI is InChI=1S/C13H13N5O5S2.H2O4S/c1-23-17-7(5-4-25-13(14)15-5)9(19)16-8-10(20)18-6(12(21)22)2-3-24-11(8)18;1-5(2,3)4/h2,4,8,11H,3H2,1H3,(H2,14,15)(H,16,19)(H,21,22);(H2,1,2,3,4)/b17-7-;/t8-,11-;/m1./s1. The molecular weight excluding hydrogens is 466 g/mol. The minimum absolute atomic E-state index is 0.0719. The highest BCUT2D eigenvalue weighted by Gasteiger charge is 2.53. The van der Waals surface area contributed by atoms with E-state index in [1.54, 1.807) is 5.38 Å². The van der Waals surface area contributed by atoms with Gasteiger partial charge in [0, 0.05) is 11.1 Å². The molecule has 6 N–H and O–H groups in total. The molecule has 1 saturated heterocycles. The molecule has 0 bridgehead atoms. The number of carboxylic acid groups (broad SMARTS) is 1. The van der Waals surface area contributed by atoms with Gasteiger partial charge in [-0.05, 0) is 6.08 Å². The van der Waals surface area contributed by atoms with Crippen molar-refractivity contribution < 1.29 is 41.9 Å². The minimum atomic E-state index is -4.67. The number of amides is 2. The lowest BCUT2D eigenvalue weighted by Crippen LogP contribution is -2.70. The lowest BCUT2D eigenvalue weighted by Gasteiger charge is -2.48. The van der Waals surface area contributed by atoms with Crippen LogP contribution in [0.5, 0.6) is 0 Å². The van der Waals surface area contributed by atoms with Crippen molar-refractivity contribution in [2.45, 2.75) is 11.4 Å². The summed E-state index contributed by atoms with van der Waals surface area (Å²) < 4.78 is 31.6. The van der Waals surface area contributed by atoms with E-state index in [1.165, 1.54) is 24.9 Å². The van der Waals surface area contributed by atoms with Crippen LogP contribution in [0.2, 0.25) is 0 Å². The zero-order valence-corrected chi connectivity index (χ0v) is 17.4. The number of thiazole rings is 1. The van der Waals surface area contributed by atoms with Crippen LogP contribution in [0.25, 0.3) is 0 Å². The van der Waals surface area contributed by atoms with Crippen LogP contribution in [-0.2, 0) is 29.6 Å². The summed E-state index contributed by atoms with van der Waals surface area (Å²) in [6.45, 7) is 0. The van der Waals surface area contributed by atoms with Crippen LogP contribution in [0.1, 0.15) is 5.69 Å². The van der Waals surface area contributed by atoms with Gasteiger partial charge in [-0.25, -0.2) is 9.78 Å². The molecule has 0 aromatic carbocycles. The summed E-state index contributed by atoms with van der Waals surface area (Å²) in [6.07, 6.45) is 1.47. The topological polar surface area (TPSA) is 222 Å². The molecule has 2 atom stereocenters. The Morgan fingerprint density at radius 3 is 2.57 bits per heavy atom. The largest absolute Gasteiger partial charge is 0.477 e. The first-order chi connectivity index (χ1) is 13.9. The second-order valence-corrected chi connectivity index (χ2v) is 8.35. The van der Waals surface area contributed by atoms with Gasteiger partial charge in [0.25, 0.3) is 11.8 Å². The van der Waals surface area contributed by atoms with Crippen LogP contribution in [0.15, 0.2) is 22.3 Å². The summed E-state index contributed by atoms with van der Waals surface area (Å²) in [5.74, 6) is -1.89. The number of β-lactam (4-membered cyclic amide) rings is 1. The number of oxime groups is 1. The van der Waals surface area contributed by atoms with Gasteiger partial charge in [-0.3, -0.25) is 23.6 Å². The van der Waals surface area contributed by atoms with Crippen molar-refractivity contribution in [3.63, 3.8) is 0 Å². The Hall–Kier alpha value is -2.73. The smallest absolute Gasteiger partial charge is 0.394 e. The second kappa shape index (κ2) is 9.39. The molecule has 1 aromatic rings. The highest BCUT2D eigenvalue weighted by atomic mass is 32.3. The van der Waals surface area contributed by atoms with Gasteiger partial charge in [-0.2, -0.15) is 8.42 Å². The fraction of sp³-hybridized carbons (Fsp3) is 0.308. The number of thioether (sulfide) groups is 1. The monoisotopic (exact) mass is 481 g/mol. The molecule has 3 rings (SSSR count). The maximum atomic E-state index is 12.5. The third-order valence-corrected chi connectivity index (χ3v) is 5.37. The molecule has 2 aliphatic heterocycles.